The van der Waals surface area contributed by atoms with Crippen LogP contribution >= 0.6 is 0 Å². The molecule has 0 rings (SSSR count). The number of esters is 1. The number of hydrogen-bond donors (Lipinski definition) is 1. The maximum absolute atomic E-state index is 11.4. The fourth-order valence-electron chi connectivity index (χ4n) is 0.936. The van der Waals surface area contributed by atoms with Crippen LogP contribution in [0.1, 0.15) is 26.7 Å². The van der Waals surface area contributed by atoms with Gasteiger partial charge in [-0.25, -0.2) is 0 Å². The van der Waals surface area contributed by atoms with Gasteiger partial charge in [-0.2, -0.15) is 0 Å². The topological polar surface area (TPSA) is 65.0 Å². The smallest absolute Gasteiger partial charge is 0.311 e. The van der Waals surface area contributed by atoms with E-state index >= 15 is 0 Å². The average molecular weight is 220 g/mol. The number of rotatable bonds is 8. The summed E-state index contributed by atoms with van der Waals surface area (Å²) in [4.78, 5) is 11.4. The van der Waals surface area contributed by atoms with Crippen molar-refractivity contribution in [3.05, 3.63) is 0 Å². The predicted molar refractivity (Wildman–Crippen MR) is 54.0 cm³/mol. The quantitative estimate of drug-likeness (QED) is 0.486. The number of aliphatic hydroxyl groups excluding tert-OH is 1. The van der Waals surface area contributed by atoms with Crippen molar-refractivity contribution < 1.29 is 24.1 Å². The molecule has 0 saturated carbocycles. The Hall–Kier alpha value is -0.650. The fraction of sp³-hybridized carbons (Fsp3) is 0.900. The largest absolute Gasteiger partial charge is 0.435 e. The van der Waals surface area contributed by atoms with Crippen LogP contribution in [0.25, 0.3) is 0 Å². The minimum Gasteiger partial charge on any atom is -0.435 e. The molecular weight excluding hydrogens is 200 g/mol. The van der Waals surface area contributed by atoms with Crippen molar-refractivity contribution >= 4 is 5.97 Å². The van der Waals surface area contributed by atoms with E-state index in [-0.39, 0.29) is 25.3 Å². The summed E-state index contributed by atoms with van der Waals surface area (Å²) in [6.45, 7) is 3.64. The summed E-state index contributed by atoms with van der Waals surface area (Å²) in [5.41, 5.74) is 0. The molecule has 5 heteroatoms. The molecule has 0 aliphatic carbocycles. The van der Waals surface area contributed by atoms with Gasteiger partial charge in [0.15, 0.2) is 6.79 Å². The average Bonchev–Trinajstić information content (AvgIpc) is 2.24. The predicted octanol–water partition coefficient (Wildman–Crippen LogP) is 0.905. The van der Waals surface area contributed by atoms with Crippen LogP contribution < -0.4 is 0 Å². The van der Waals surface area contributed by atoms with E-state index in [1.54, 1.807) is 6.92 Å². The number of methoxy groups -OCH3 is 1. The molecule has 0 fully saturated rings. The van der Waals surface area contributed by atoms with E-state index in [0.29, 0.717) is 12.8 Å². The Labute approximate surface area is 90.3 Å². The Morgan fingerprint density at radius 3 is 2.60 bits per heavy atom. The molecule has 2 atom stereocenters. The lowest BCUT2D eigenvalue weighted by Gasteiger charge is -2.18. The van der Waals surface area contributed by atoms with Crippen LogP contribution in [0.15, 0.2) is 0 Å². The first-order valence-electron chi connectivity index (χ1n) is 5.07. The van der Waals surface area contributed by atoms with Crippen LogP contribution in [0.2, 0.25) is 0 Å². The molecular formula is C10H20O5. The zero-order valence-electron chi connectivity index (χ0n) is 9.56. The van der Waals surface area contributed by atoms with Crippen molar-refractivity contribution in [1.29, 1.82) is 0 Å². The first kappa shape index (κ1) is 14.3. The van der Waals surface area contributed by atoms with Crippen LogP contribution in [-0.2, 0) is 19.0 Å². The summed E-state index contributed by atoms with van der Waals surface area (Å²) in [5, 5.41) is 8.66. The summed E-state index contributed by atoms with van der Waals surface area (Å²) in [7, 11) is 1.50. The van der Waals surface area contributed by atoms with Crippen molar-refractivity contribution in [2.45, 2.75) is 33.0 Å². The van der Waals surface area contributed by atoms with E-state index in [9.17, 15) is 4.79 Å². The lowest BCUT2D eigenvalue weighted by Crippen LogP contribution is -2.25. The third-order valence-corrected chi connectivity index (χ3v) is 1.92. The Morgan fingerprint density at radius 1 is 1.47 bits per heavy atom. The van der Waals surface area contributed by atoms with Gasteiger partial charge in [0.2, 0.25) is 6.29 Å². The van der Waals surface area contributed by atoms with Gasteiger partial charge in [0.25, 0.3) is 0 Å². The third kappa shape index (κ3) is 6.43. The molecule has 2 unspecified atom stereocenters. The third-order valence-electron chi connectivity index (χ3n) is 1.92. The molecule has 0 aromatic carbocycles. The number of ether oxygens (including phenoxy) is 3. The second kappa shape index (κ2) is 8.64. The summed E-state index contributed by atoms with van der Waals surface area (Å²) in [6.07, 6.45) is 0.402. The van der Waals surface area contributed by atoms with E-state index in [0.717, 1.165) is 0 Å². The fourth-order valence-corrected chi connectivity index (χ4v) is 0.936. The minimum absolute atomic E-state index is 0.0218. The molecule has 0 radical (unpaired) electrons. The van der Waals surface area contributed by atoms with Crippen LogP contribution in [0.3, 0.4) is 0 Å². The second-order valence-corrected chi connectivity index (χ2v) is 3.26. The van der Waals surface area contributed by atoms with E-state index in [4.69, 9.17) is 19.3 Å². The van der Waals surface area contributed by atoms with Crippen molar-refractivity contribution in [3.63, 3.8) is 0 Å². The SMILES string of the molecule is CCC(OCOC)OC(=O)C(C)CCO. The normalized spacial score (nSPS) is 14.7. The van der Waals surface area contributed by atoms with E-state index in [1.165, 1.54) is 7.11 Å². The van der Waals surface area contributed by atoms with Gasteiger partial charge in [-0.15, -0.1) is 0 Å². The molecule has 0 aliphatic heterocycles. The van der Waals surface area contributed by atoms with E-state index < -0.39 is 6.29 Å². The highest BCUT2D eigenvalue weighted by atomic mass is 16.8. The Bertz CT molecular complexity index is 171. The zero-order valence-corrected chi connectivity index (χ0v) is 9.56. The Morgan fingerprint density at radius 2 is 2.13 bits per heavy atom. The van der Waals surface area contributed by atoms with Crippen molar-refractivity contribution in [2.75, 3.05) is 20.5 Å². The monoisotopic (exact) mass is 220 g/mol. The molecule has 1 N–H and O–H groups in total. The number of hydrogen-bond acceptors (Lipinski definition) is 5. The number of carbonyl (C=O) groups excluding carboxylic acids is 1. The lowest BCUT2D eigenvalue weighted by molar-refractivity contribution is -0.202. The highest BCUT2D eigenvalue weighted by Crippen LogP contribution is 2.08. The summed E-state index contributed by atoms with van der Waals surface area (Å²) < 4.78 is 14.9. The Kier molecular flexibility index (Phi) is 8.27. The molecule has 0 amide bonds. The van der Waals surface area contributed by atoms with Gasteiger partial charge in [0.05, 0.1) is 5.92 Å². The van der Waals surface area contributed by atoms with Gasteiger partial charge in [0, 0.05) is 20.1 Å². The minimum atomic E-state index is -0.571. The van der Waals surface area contributed by atoms with Gasteiger partial charge < -0.3 is 19.3 Å². The van der Waals surface area contributed by atoms with Crippen LogP contribution in [-0.4, -0.2) is 37.9 Å². The standard InChI is InChI=1S/C10H20O5/c1-4-9(14-7-13-3)15-10(12)8(2)5-6-11/h8-9,11H,4-7H2,1-3H3. The van der Waals surface area contributed by atoms with Gasteiger partial charge in [-0.05, 0) is 6.42 Å². The number of aliphatic hydroxyl groups is 1. The van der Waals surface area contributed by atoms with E-state index in [2.05, 4.69) is 0 Å². The van der Waals surface area contributed by atoms with Gasteiger partial charge in [-0.1, -0.05) is 13.8 Å². The van der Waals surface area contributed by atoms with Crippen molar-refractivity contribution in [1.82, 2.24) is 0 Å². The molecule has 0 aromatic rings. The summed E-state index contributed by atoms with van der Waals surface area (Å²) >= 11 is 0. The maximum atomic E-state index is 11.4. The molecule has 0 saturated heterocycles. The first-order valence-corrected chi connectivity index (χ1v) is 5.07. The summed E-state index contributed by atoms with van der Waals surface area (Å²) in [5.74, 6) is -0.665. The highest BCUT2D eigenvalue weighted by Gasteiger charge is 2.18. The Balaban J connectivity index is 3.88. The molecule has 0 heterocycles. The molecule has 0 aromatic heterocycles. The number of carbonyl (C=O) groups is 1. The first-order chi connectivity index (χ1) is 7.15. The summed E-state index contributed by atoms with van der Waals surface area (Å²) in [6, 6.07) is 0. The maximum Gasteiger partial charge on any atom is 0.311 e. The highest BCUT2D eigenvalue weighted by molar-refractivity contribution is 5.72. The lowest BCUT2D eigenvalue weighted by atomic mass is 10.1. The van der Waals surface area contributed by atoms with Crippen LogP contribution in [0, 0.1) is 5.92 Å². The molecule has 0 bridgehead atoms. The van der Waals surface area contributed by atoms with Crippen molar-refractivity contribution in [3.8, 4) is 0 Å². The van der Waals surface area contributed by atoms with Gasteiger partial charge >= 0.3 is 5.97 Å². The molecule has 15 heavy (non-hydrogen) atoms. The van der Waals surface area contributed by atoms with Crippen LogP contribution in [0.4, 0.5) is 0 Å². The molecule has 5 nitrogen and oxygen atoms in total. The van der Waals surface area contributed by atoms with Gasteiger partial charge in [0.1, 0.15) is 0 Å². The van der Waals surface area contributed by atoms with Gasteiger partial charge in [-0.3, -0.25) is 4.79 Å². The molecule has 90 valence electrons. The second-order valence-electron chi connectivity index (χ2n) is 3.26. The molecule has 0 aliphatic rings. The van der Waals surface area contributed by atoms with E-state index in [1.807, 2.05) is 6.92 Å². The van der Waals surface area contributed by atoms with Crippen molar-refractivity contribution in [2.24, 2.45) is 5.92 Å². The van der Waals surface area contributed by atoms with Crippen LogP contribution in [0.5, 0.6) is 0 Å². The zero-order chi connectivity index (χ0) is 11.7. The molecule has 0 spiro atoms.